The maximum Gasteiger partial charge on any atom is 0.407 e. The fraction of sp³-hybridized carbons (Fsp3) is 0.444. The second-order valence-corrected chi connectivity index (χ2v) is 9.82. The number of aliphatic carboxylic acids is 1. The van der Waals surface area contributed by atoms with E-state index in [1.165, 1.54) is 6.42 Å². The Balaban J connectivity index is 1.24. The van der Waals surface area contributed by atoms with Crippen molar-refractivity contribution in [3.05, 3.63) is 59.7 Å². The molecule has 3 aliphatic rings. The van der Waals surface area contributed by atoms with Gasteiger partial charge in [-0.1, -0.05) is 55.0 Å². The van der Waals surface area contributed by atoms with Crippen LogP contribution >= 0.6 is 0 Å². The molecule has 2 N–H and O–H groups in total. The van der Waals surface area contributed by atoms with E-state index >= 15 is 0 Å². The summed E-state index contributed by atoms with van der Waals surface area (Å²) in [5.41, 5.74) is 4.73. The molecule has 2 aromatic carbocycles. The van der Waals surface area contributed by atoms with Crippen LogP contribution in [0, 0.1) is 5.41 Å². The molecule has 2 amide bonds. The molecule has 1 saturated carbocycles. The summed E-state index contributed by atoms with van der Waals surface area (Å²) in [5, 5.41) is 11.8. The molecule has 0 aromatic heterocycles. The maximum absolute atomic E-state index is 13.2. The normalized spacial score (nSPS) is 18.6. The Morgan fingerprint density at radius 1 is 1.03 bits per heavy atom. The summed E-state index contributed by atoms with van der Waals surface area (Å²) in [4.78, 5) is 38.9. The minimum atomic E-state index is -0.996. The minimum absolute atomic E-state index is 0.0435. The molecule has 2 fully saturated rings. The van der Waals surface area contributed by atoms with Crippen molar-refractivity contribution in [2.75, 3.05) is 19.7 Å². The van der Waals surface area contributed by atoms with Gasteiger partial charge in [0.15, 0.2) is 0 Å². The Morgan fingerprint density at radius 2 is 1.68 bits per heavy atom. The van der Waals surface area contributed by atoms with Gasteiger partial charge in [-0.3, -0.25) is 9.59 Å². The number of hydrogen-bond donors (Lipinski definition) is 2. The van der Waals surface area contributed by atoms with Gasteiger partial charge < -0.3 is 20.1 Å². The number of carbonyl (C=O) groups is 3. The molecular formula is C27H30N2O5. The number of benzene rings is 2. The monoisotopic (exact) mass is 462 g/mol. The number of nitrogens with zero attached hydrogens (tertiary/aromatic N) is 1. The van der Waals surface area contributed by atoms with Crippen molar-refractivity contribution in [2.45, 2.75) is 50.5 Å². The lowest BCUT2D eigenvalue weighted by molar-refractivity contribution is -0.138. The van der Waals surface area contributed by atoms with Crippen molar-refractivity contribution in [3.63, 3.8) is 0 Å². The number of carbonyl (C=O) groups excluding carboxylic acids is 2. The quantitative estimate of drug-likeness (QED) is 0.644. The highest BCUT2D eigenvalue weighted by molar-refractivity contribution is 5.86. The number of nitrogens with one attached hydrogen (secondary N) is 1. The maximum atomic E-state index is 13.2. The van der Waals surface area contributed by atoms with Crippen LogP contribution in [0.1, 0.15) is 55.6 Å². The average Bonchev–Trinajstić information content (AvgIpc) is 3.41. The van der Waals surface area contributed by atoms with E-state index in [0.29, 0.717) is 13.1 Å². The molecule has 1 atom stereocenters. The number of carboxylic acid groups (broad SMARTS) is 1. The molecule has 1 spiro atoms. The van der Waals surface area contributed by atoms with Crippen LogP contribution in [-0.4, -0.2) is 53.7 Å². The largest absolute Gasteiger partial charge is 0.481 e. The number of ether oxygens (including phenoxy) is 1. The van der Waals surface area contributed by atoms with Gasteiger partial charge in [-0.15, -0.1) is 0 Å². The second-order valence-electron chi connectivity index (χ2n) is 9.82. The lowest BCUT2D eigenvalue weighted by Gasteiger charge is -2.38. The molecule has 5 rings (SSSR count). The van der Waals surface area contributed by atoms with Gasteiger partial charge in [0.25, 0.3) is 0 Å². The summed E-state index contributed by atoms with van der Waals surface area (Å²) < 4.78 is 5.59. The summed E-state index contributed by atoms with van der Waals surface area (Å²) in [6, 6.07) is 15.3. The number of amides is 2. The van der Waals surface area contributed by atoms with Crippen molar-refractivity contribution < 1.29 is 24.2 Å². The van der Waals surface area contributed by atoms with Crippen LogP contribution in [0.3, 0.4) is 0 Å². The van der Waals surface area contributed by atoms with Gasteiger partial charge in [0, 0.05) is 25.4 Å². The molecule has 0 radical (unpaired) electrons. The number of rotatable bonds is 7. The van der Waals surface area contributed by atoms with Gasteiger partial charge in [0.05, 0.1) is 0 Å². The van der Waals surface area contributed by atoms with E-state index in [9.17, 15) is 14.4 Å². The standard InChI is InChI=1S/C27H30N2O5/c30-24(31)11-10-23(25(32)29-15-14-27(17-29)12-5-13-27)28-26(33)34-16-22-20-8-3-1-6-18(20)19-7-2-4-9-21(19)22/h1-4,6-9,22-23H,5,10-17H2,(H,28,33)(H,30,31). The summed E-state index contributed by atoms with van der Waals surface area (Å²) in [5.74, 6) is -1.29. The van der Waals surface area contributed by atoms with Gasteiger partial charge in [-0.2, -0.15) is 0 Å². The van der Waals surface area contributed by atoms with Gasteiger partial charge in [0.2, 0.25) is 5.91 Å². The van der Waals surface area contributed by atoms with E-state index in [4.69, 9.17) is 9.84 Å². The minimum Gasteiger partial charge on any atom is -0.481 e. The Bertz CT molecular complexity index is 1060. The van der Waals surface area contributed by atoms with Gasteiger partial charge in [0.1, 0.15) is 12.6 Å². The molecule has 0 bridgehead atoms. The number of alkyl carbamates (subject to hydrolysis) is 1. The van der Waals surface area contributed by atoms with E-state index in [2.05, 4.69) is 17.4 Å². The average molecular weight is 463 g/mol. The molecule has 1 aliphatic heterocycles. The van der Waals surface area contributed by atoms with Crippen LogP contribution < -0.4 is 5.32 Å². The van der Waals surface area contributed by atoms with E-state index in [1.54, 1.807) is 4.90 Å². The zero-order valence-electron chi connectivity index (χ0n) is 19.2. The lowest BCUT2D eigenvalue weighted by Crippen LogP contribution is -2.49. The third kappa shape index (κ3) is 4.27. The Hall–Kier alpha value is -3.35. The molecule has 1 heterocycles. The van der Waals surface area contributed by atoms with E-state index < -0.39 is 18.1 Å². The zero-order valence-corrected chi connectivity index (χ0v) is 19.2. The highest BCUT2D eigenvalue weighted by Crippen LogP contribution is 2.48. The first-order chi connectivity index (χ1) is 16.5. The first kappa shape index (κ1) is 22.4. The van der Waals surface area contributed by atoms with E-state index in [1.807, 2.05) is 36.4 Å². The molecule has 7 heteroatoms. The summed E-state index contributed by atoms with van der Waals surface area (Å²) in [6.45, 7) is 1.50. The van der Waals surface area contributed by atoms with Crippen LogP contribution in [0.15, 0.2) is 48.5 Å². The molecule has 178 valence electrons. The van der Waals surface area contributed by atoms with Gasteiger partial charge in [-0.05, 0) is 53.4 Å². The van der Waals surface area contributed by atoms with Gasteiger partial charge >= 0.3 is 12.1 Å². The summed E-state index contributed by atoms with van der Waals surface area (Å²) >= 11 is 0. The SMILES string of the molecule is O=C(O)CCC(NC(=O)OCC1c2ccccc2-c2ccccc21)C(=O)N1CCC2(CCC2)C1. The van der Waals surface area contributed by atoms with Crippen LogP contribution in [-0.2, 0) is 14.3 Å². The Morgan fingerprint density at radius 3 is 2.24 bits per heavy atom. The Labute approximate surface area is 199 Å². The molecule has 2 aromatic rings. The van der Waals surface area contributed by atoms with Gasteiger partial charge in [-0.25, -0.2) is 4.79 Å². The number of fused-ring (bicyclic) bond motifs is 3. The summed E-state index contributed by atoms with van der Waals surface area (Å²) in [6.07, 6.45) is 3.61. The molecule has 2 aliphatic carbocycles. The second kappa shape index (κ2) is 9.12. The van der Waals surface area contributed by atoms with Crippen molar-refractivity contribution in [1.82, 2.24) is 10.2 Å². The van der Waals surface area contributed by atoms with Crippen LogP contribution in [0.2, 0.25) is 0 Å². The van der Waals surface area contributed by atoms with E-state index in [-0.39, 0.29) is 36.7 Å². The summed E-state index contributed by atoms with van der Waals surface area (Å²) in [7, 11) is 0. The van der Waals surface area contributed by atoms with Crippen molar-refractivity contribution in [2.24, 2.45) is 5.41 Å². The topological polar surface area (TPSA) is 95.9 Å². The first-order valence-electron chi connectivity index (χ1n) is 12.1. The van der Waals surface area contributed by atoms with Crippen LogP contribution in [0.5, 0.6) is 0 Å². The molecule has 1 saturated heterocycles. The highest BCUT2D eigenvalue weighted by atomic mass is 16.5. The fourth-order valence-electron chi connectivity index (χ4n) is 5.74. The van der Waals surface area contributed by atoms with Crippen molar-refractivity contribution in [1.29, 1.82) is 0 Å². The third-order valence-corrected chi connectivity index (χ3v) is 7.74. The number of carboxylic acids is 1. The molecule has 7 nitrogen and oxygen atoms in total. The van der Waals surface area contributed by atoms with Crippen LogP contribution in [0.4, 0.5) is 4.79 Å². The molecule has 34 heavy (non-hydrogen) atoms. The number of hydrogen-bond acceptors (Lipinski definition) is 4. The molecular weight excluding hydrogens is 432 g/mol. The zero-order chi connectivity index (χ0) is 23.7. The van der Waals surface area contributed by atoms with E-state index in [0.717, 1.165) is 41.5 Å². The fourth-order valence-corrected chi connectivity index (χ4v) is 5.74. The smallest absolute Gasteiger partial charge is 0.407 e. The van der Waals surface area contributed by atoms with Crippen molar-refractivity contribution >= 4 is 18.0 Å². The number of likely N-dealkylation sites (tertiary alicyclic amines) is 1. The van der Waals surface area contributed by atoms with Crippen molar-refractivity contribution in [3.8, 4) is 11.1 Å². The molecule has 1 unspecified atom stereocenters. The lowest BCUT2D eigenvalue weighted by atomic mass is 9.68. The predicted molar refractivity (Wildman–Crippen MR) is 126 cm³/mol. The predicted octanol–water partition coefficient (Wildman–Crippen LogP) is 4.16. The van der Waals surface area contributed by atoms with Crippen LogP contribution in [0.25, 0.3) is 11.1 Å². The third-order valence-electron chi connectivity index (χ3n) is 7.74. The first-order valence-corrected chi connectivity index (χ1v) is 12.1. The Kier molecular flexibility index (Phi) is 6.02. The highest BCUT2D eigenvalue weighted by Gasteiger charge is 2.45.